The zero-order valence-corrected chi connectivity index (χ0v) is 15.0. The van der Waals surface area contributed by atoms with Gasteiger partial charge in [0.15, 0.2) is 0 Å². The van der Waals surface area contributed by atoms with Crippen molar-refractivity contribution >= 4 is 17.8 Å². The molecule has 140 valence electrons. The van der Waals surface area contributed by atoms with Crippen LogP contribution >= 0.6 is 0 Å². The van der Waals surface area contributed by atoms with Crippen LogP contribution in [0.25, 0.3) is 0 Å². The molecule has 6 heteroatoms. The number of esters is 2. The van der Waals surface area contributed by atoms with E-state index in [1.54, 1.807) is 24.3 Å². The second-order valence-corrected chi connectivity index (χ2v) is 7.11. The molecule has 6 nitrogen and oxygen atoms in total. The fourth-order valence-electron chi connectivity index (χ4n) is 3.07. The molecule has 1 N–H and O–H groups in total. The molecule has 1 aromatic rings. The van der Waals surface area contributed by atoms with Crippen LogP contribution in [-0.4, -0.2) is 31.0 Å². The Hall–Kier alpha value is -2.37. The molecule has 1 unspecified atom stereocenters. The average molecular weight is 359 g/mol. The van der Waals surface area contributed by atoms with Gasteiger partial charge in [0.05, 0.1) is 13.0 Å². The predicted octanol–water partition coefficient (Wildman–Crippen LogP) is 2.39. The van der Waals surface area contributed by atoms with E-state index in [0.29, 0.717) is 12.2 Å². The lowest BCUT2D eigenvalue weighted by atomic mass is 9.84. The third kappa shape index (κ3) is 4.42. The van der Waals surface area contributed by atoms with E-state index >= 15 is 0 Å². The highest BCUT2D eigenvalue weighted by atomic mass is 16.5. The number of nitrogens with one attached hydrogen (secondary N) is 1. The molecular weight excluding hydrogens is 334 g/mol. The molecule has 3 rings (SSSR count). The van der Waals surface area contributed by atoms with Crippen molar-refractivity contribution in [2.45, 2.75) is 51.0 Å². The molecular formula is C20H25NO5. The van der Waals surface area contributed by atoms with Crippen molar-refractivity contribution in [2.24, 2.45) is 11.8 Å². The van der Waals surface area contributed by atoms with Crippen molar-refractivity contribution in [3.63, 3.8) is 0 Å². The SMILES string of the molecule is COC(=O)C(Cc1ccc(OC(=O)C2CCC2)cc1)NC(=O)C1CCC1. The first-order valence-electron chi connectivity index (χ1n) is 9.25. The second kappa shape index (κ2) is 8.34. The number of hydrogen-bond donors (Lipinski definition) is 1. The maximum Gasteiger partial charge on any atom is 0.328 e. The molecule has 2 aliphatic carbocycles. The Morgan fingerprint density at radius 2 is 1.65 bits per heavy atom. The minimum atomic E-state index is -0.712. The van der Waals surface area contributed by atoms with Gasteiger partial charge in [-0.15, -0.1) is 0 Å². The number of hydrogen-bond acceptors (Lipinski definition) is 5. The third-order valence-corrected chi connectivity index (χ3v) is 5.30. The summed E-state index contributed by atoms with van der Waals surface area (Å²) < 4.78 is 10.2. The van der Waals surface area contributed by atoms with Crippen molar-refractivity contribution in [3.8, 4) is 5.75 Å². The maximum atomic E-state index is 12.1. The Labute approximate surface area is 153 Å². The minimum Gasteiger partial charge on any atom is -0.467 e. The molecule has 0 heterocycles. The fraction of sp³-hybridized carbons (Fsp3) is 0.550. The molecule has 2 fully saturated rings. The Kier molecular flexibility index (Phi) is 5.91. The van der Waals surface area contributed by atoms with Crippen LogP contribution < -0.4 is 10.1 Å². The van der Waals surface area contributed by atoms with Crippen molar-refractivity contribution in [3.05, 3.63) is 29.8 Å². The van der Waals surface area contributed by atoms with Crippen LogP contribution in [0.5, 0.6) is 5.75 Å². The van der Waals surface area contributed by atoms with Gasteiger partial charge >= 0.3 is 11.9 Å². The number of carbonyl (C=O) groups excluding carboxylic acids is 3. The summed E-state index contributed by atoms with van der Waals surface area (Å²) in [4.78, 5) is 36.0. The molecule has 1 aromatic carbocycles. The van der Waals surface area contributed by atoms with E-state index in [0.717, 1.165) is 44.1 Å². The van der Waals surface area contributed by atoms with Crippen molar-refractivity contribution in [1.82, 2.24) is 5.32 Å². The number of ether oxygens (including phenoxy) is 2. The van der Waals surface area contributed by atoms with Crippen LogP contribution in [-0.2, 0) is 25.5 Å². The van der Waals surface area contributed by atoms with E-state index in [2.05, 4.69) is 5.32 Å². The Bertz CT molecular complexity index is 661. The summed E-state index contributed by atoms with van der Waals surface area (Å²) in [5.74, 6) is -0.186. The Morgan fingerprint density at radius 3 is 2.15 bits per heavy atom. The predicted molar refractivity (Wildman–Crippen MR) is 94.4 cm³/mol. The van der Waals surface area contributed by atoms with Crippen LogP contribution in [0.4, 0.5) is 0 Å². The number of benzene rings is 1. The lowest BCUT2D eigenvalue weighted by Gasteiger charge is -2.26. The zero-order chi connectivity index (χ0) is 18.5. The van der Waals surface area contributed by atoms with Gasteiger partial charge < -0.3 is 14.8 Å². The molecule has 0 radical (unpaired) electrons. The van der Waals surface area contributed by atoms with Gasteiger partial charge in [-0.1, -0.05) is 25.0 Å². The summed E-state index contributed by atoms with van der Waals surface area (Å²) in [5.41, 5.74) is 0.859. The molecule has 2 aliphatic rings. The second-order valence-electron chi connectivity index (χ2n) is 7.11. The lowest BCUT2D eigenvalue weighted by Crippen LogP contribution is -2.46. The van der Waals surface area contributed by atoms with Gasteiger partial charge in [-0.05, 0) is 43.4 Å². The number of rotatable bonds is 7. The largest absolute Gasteiger partial charge is 0.467 e. The first-order valence-corrected chi connectivity index (χ1v) is 9.25. The van der Waals surface area contributed by atoms with Crippen LogP contribution in [0, 0.1) is 11.8 Å². The first-order chi connectivity index (χ1) is 12.6. The van der Waals surface area contributed by atoms with Gasteiger partial charge in [0, 0.05) is 12.3 Å². The van der Waals surface area contributed by atoms with E-state index in [4.69, 9.17) is 9.47 Å². The minimum absolute atomic E-state index is 0.00968. The molecule has 0 aliphatic heterocycles. The molecule has 26 heavy (non-hydrogen) atoms. The number of carbonyl (C=O) groups is 3. The summed E-state index contributed by atoms with van der Waals surface area (Å²) in [6.07, 6.45) is 6.03. The van der Waals surface area contributed by atoms with Crippen molar-refractivity contribution in [1.29, 1.82) is 0 Å². The van der Waals surface area contributed by atoms with Crippen molar-refractivity contribution in [2.75, 3.05) is 7.11 Å². The molecule has 2 saturated carbocycles. The summed E-state index contributed by atoms with van der Waals surface area (Å²) in [6, 6.07) is 6.32. The highest BCUT2D eigenvalue weighted by Gasteiger charge is 2.30. The fourth-order valence-corrected chi connectivity index (χ4v) is 3.07. The summed E-state index contributed by atoms with van der Waals surface area (Å²) >= 11 is 0. The Morgan fingerprint density at radius 1 is 1.04 bits per heavy atom. The first kappa shape index (κ1) is 18.4. The Balaban J connectivity index is 1.57. The smallest absolute Gasteiger partial charge is 0.328 e. The molecule has 1 amide bonds. The number of methoxy groups -OCH3 is 1. The molecule has 0 spiro atoms. The van der Waals surface area contributed by atoms with Gasteiger partial charge in [0.2, 0.25) is 5.91 Å². The summed E-state index contributed by atoms with van der Waals surface area (Å²) in [6.45, 7) is 0. The maximum absolute atomic E-state index is 12.1. The van der Waals surface area contributed by atoms with E-state index < -0.39 is 12.0 Å². The molecule has 0 bridgehead atoms. The topological polar surface area (TPSA) is 81.7 Å². The normalized spacial score (nSPS) is 18.2. The van der Waals surface area contributed by atoms with E-state index in [1.165, 1.54) is 7.11 Å². The van der Waals surface area contributed by atoms with Gasteiger partial charge in [-0.2, -0.15) is 0 Å². The van der Waals surface area contributed by atoms with Gasteiger partial charge in [-0.3, -0.25) is 9.59 Å². The molecule has 0 saturated heterocycles. The highest BCUT2D eigenvalue weighted by Crippen LogP contribution is 2.28. The summed E-state index contributed by atoms with van der Waals surface area (Å²) in [7, 11) is 1.31. The van der Waals surface area contributed by atoms with Crippen molar-refractivity contribution < 1.29 is 23.9 Å². The standard InChI is InChI=1S/C20H25NO5/c1-25-20(24)17(21-18(22)14-4-2-5-14)12-13-8-10-16(11-9-13)26-19(23)15-6-3-7-15/h8-11,14-15,17H,2-7,12H2,1H3,(H,21,22). The average Bonchev–Trinajstić information content (AvgIpc) is 2.51. The van der Waals surface area contributed by atoms with Crippen LogP contribution in [0.3, 0.4) is 0 Å². The molecule has 1 atom stereocenters. The third-order valence-electron chi connectivity index (χ3n) is 5.30. The van der Waals surface area contributed by atoms with Gasteiger partial charge in [-0.25, -0.2) is 4.79 Å². The van der Waals surface area contributed by atoms with Crippen LogP contribution in [0.1, 0.15) is 44.1 Å². The highest BCUT2D eigenvalue weighted by molar-refractivity contribution is 5.86. The summed E-state index contributed by atoms with van der Waals surface area (Å²) in [5, 5.41) is 2.80. The van der Waals surface area contributed by atoms with Gasteiger partial charge in [0.25, 0.3) is 0 Å². The monoisotopic (exact) mass is 359 g/mol. The van der Waals surface area contributed by atoms with Crippen LogP contribution in [0.15, 0.2) is 24.3 Å². The molecule has 0 aromatic heterocycles. The number of amides is 1. The van der Waals surface area contributed by atoms with E-state index in [-0.39, 0.29) is 23.7 Å². The van der Waals surface area contributed by atoms with Gasteiger partial charge in [0.1, 0.15) is 11.8 Å². The quantitative estimate of drug-likeness (QED) is 0.597. The van der Waals surface area contributed by atoms with Crippen LogP contribution in [0.2, 0.25) is 0 Å². The lowest BCUT2D eigenvalue weighted by molar-refractivity contribution is -0.146. The zero-order valence-electron chi connectivity index (χ0n) is 15.0. The van der Waals surface area contributed by atoms with E-state index in [1.807, 2.05) is 0 Å². The van der Waals surface area contributed by atoms with E-state index in [9.17, 15) is 14.4 Å².